The second-order valence-corrected chi connectivity index (χ2v) is 5.28. The molecule has 0 aliphatic carbocycles. The van der Waals surface area contributed by atoms with Gasteiger partial charge in [0.25, 0.3) is 5.91 Å². The predicted octanol–water partition coefficient (Wildman–Crippen LogP) is 0.212. The summed E-state index contributed by atoms with van der Waals surface area (Å²) in [6.07, 6.45) is 0.0406. The molecule has 0 saturated heterocycles. The van der Waals surface area contributed by atoms with Crippen molar-refractivity contribution in [3.8, 4) is 17.2 Å². The maximum absolute atomic E-state index is 12.3. The number of fused-ring (bicyclic) bond motifs is 1. The molecule has 0 saturated carbocycles. The number of phenolic OH excluding ortho intramolecular Hbond substituents is 1. The van der Waals surface area contributed by atoms with E-state index in [9.17, 15) is 19.8 Å². The van der Waals surface area contributed by atoms with Crippen LogP contribution in [0.1, 0.15) is 15.9 Å². The van der Waals surface area contributed by atoms with Crippen LogP contribution >= 0.6 is 0 Å². The second-order valence-electron chi connectivity index (χ2n) is 5.28. The Morgan fingerprint density at radius 3 is 2.54 bits per heavy atom. The fraction of sp³-hybridized carbons (Fsp3) is 0.176. The van der Waals surface area contributed by atoms with Gasteiger partial charge in [-0.15, -0.1) is 0 Å². The van der Waals surface area contributed by atoms with Gasteiger partial charge in [-0.1, -0.05) is 12.1 Å². The number of aliphatic carboxylic acids is 1. The van der Waals surface area contributed by atoms with E-state index in [0.29, 0.717) is 17.1 Å². The van der Waals surface area contributed by atoms with Gasteiger partial charge >= 0.3 is 0 Å². The van der Waals surface area contributed by atoms with Crippen LogP contribution in [0.25, 0.3) is 0 Å². The summed E-state index contributed by atoms with van der Waals surface area (Å²) in [7, 11) is 0. The van der Waals surface area contributed by atoms with Gasteiger partial charge in [0.2, 0.25) is 6.79 Å². The molecule has 1 aliphatic rings. The minimum Gasteiger partial charge on any atom is -0.548 e. The van der Waals surface area contributed by atoms with Crippen molar-refractivity contribution < 1.29 is 29.3 Å². The normalized spacial score (nSPS) is 13.3. The molecular formula is C17H14NO6-. The Kier molecular flexibility index (Phi) is 4.24. The summed E-state index contributed by atoms with van der Waals surface area (Å²) in [5.41, 5.74) is 0.907. The lowest BCUT2D eigenvalue weighted by molar-refractivity contribution is -0.308. The molecule has 7 nitrogen and oxygen atoms in total. The zero-order valence-electron chi connectivity index (χ0n) is 12.5. The molecule has 0 aromatic heterocycles. The molecule has 24 heavy (non-hydrogen) atoms. The zero-order chi connectivity index (χ0) is 17.1. The number of carboxylic acid groups (broad SMARTS) is 1. The van der Waals surface area contributed by atoms with E-state index in [1.807, 2.05) is 0 Å². The molecule has 7 heteroatoms. The SMILES string of the molecule is O=C(N[C@@H](Cc1ccc(O)cc1)C(=O)[O-])c1ccc2c(c1)OCO2. The maximum atomic E-state index is 12.3. The highest BCUT2D eigenvalue weighted by atomic mass is 16.7. The van der Waals surface area contributed by atoms with Crippen LogP contribution in [-0.4, -0.2) is 29.8 Å². The fourth-order valence-electron chi connectivity index (χ4n) is 2.34. The Bertz CT molecular complexity index is 771. The summed E-state index contributed by atoms with van der Waals surface area (Å²) in [4.78, 5) is 23.6. The Balaban J connectivity index is 1.72. The summed E-state index contributed by atoms with van der Waals surface area (Å²) >= 11 is 0. The Morgan fingerprint density at radius 2 is 1.83 bits per heavy atom. The highest BCUT2D eigenvalue weighted by Crippen LogP contribution is 2.32. The van der Waals surface area contributed by atoms with Crippen LogP contribution in [0.4, 0.5) is 0 Å². The maximum Gasteiger partial charge on any atom is 0.251 e. The van der Waals surface area contributed by atoms with E-state index in [1.54, 1.807) is 18.2 Å². The van der Waals surface area contributed by atoms with Crippen LogP contribution in [0.2, 0.25) is 0 Å². The van der Waals surface area contributed by atoms with Crippen molar-refractivity contribution in [2.24, 2.45) is 0 Å². The summed E-state index contributed by atoms with van der Waals surface area (Å²) in [6.45, 7) is 0.0862. The van der Waals surface area contributed by atoms with Gasteiger partial charge in [-0.25, -0.2) is 0 Å². The monoisotopic (exact) mass is 328 g/mol. The topological polar surface area (TPSA) is 108 Å². The van der Waals surface area contributed by atoms with E-state index < -0.39 is 17.9 Å². The second kappa shape index (κ2) is 6.49. The van der Waals surface area contributed by atoms with E-state index in [2.05, 4.69) is 5.32 Å². The van der Waals surface area contributed by atoms with Crippen molar-refractivity contribution >= 4 is 11.9 Å². The molecule has 1 heterocycles. The Labute approximate surface area is 137 Å². The smallest absolute Gasteiger partial charge is 0.251 e. The number of carboxylic acids is 1. The van der Waals surface area contributed by atoms with Crippen molar-refractivity contribution in [1.82, 2.24) is 5.32 Å². The summed E-state index contributed by atoms with van der Waals surface area (Å²) in [5.74, 6) is -0.898. The molecule has 124 valence electrons. The van der Waals surface area contributed by atoms with Gasteiger partial charge in [-0.3, -0.25) is 4.79 Å². The average Bonchev–Trinajstić information content (AvgIpc) is 3.03. The number of carbonyl (C=O) groups is 2. The number of nitrogens with one attached hydrogen (secondary N) is 1. The van der Waals surface area contributed by atoms with Gasteiger partial charge in [-0.2, -0.15) is 0 Å². The lowest BCUT2D eigenvalue weighted by Gasteiger charge is -2.20. The van der Waals surface area contributed by atoms with E-state index in [0.717, 1.165) is 0 Å². The first kappa shape index (κ1) is 15.7. The number of aromatic hydroxyl groups is 1. The number of ether oxygens (including phenoxy) is 2. The third-order valence-corrected chi connectivity index (χ3v) is 3.60. The van der Waals surface area contributed by atoms with E-state index in [1.165, 1.54) is 24.3 Å². The molecule has 0 unspecified atom stereocenters. The highest BCUT2D eigenvalue weighted by Gasteiger charge is 2.19. The summed E-state index contributed by atoms with van der Waals surface area (Å²) < 4.78 is 10.4. The summed E-state index contributed by atoms with van der Waals surface area (Å²) in [5, 5.41) is 23.0. The molecule has 2 aromatic carbocycles. The fourth-order valence-corrected chi connectivity index (χ4v) is 2.34. The number of benzene rings is 2. The molecule has 1 aliphatic heterocycles. The standard InChI is InChI=1S/C17H15NO6/c19-12-4-1-10(2-5-12)7-13(17(21)22)18-16(20)11-3-6-14-15(8-11)24-9-23-14/h1-6,8,13,19H,7,9H2,(H,18,20)(H,21,22)/p-1/t13-/m0/s1. The molecule has 2 N–H and O–H groups in total. The van der Waals surface area contributed by atoms with Crippen molar-refractivity contribution in [3.05, 3.63) is 53.6 Å². The van der Waals surface area contributed by atoms with Gasteiger partial charge in [0.1, 0.15) is 5.75 Å². The Hall–Kier alpha value is -3.22. The van der Waals surface area contributed by atoms with E-state index in [4.69, 9.17) is 9.47 Å². The number of carbonyl (C=O) groups excluding carboxylic acids is 2. The predicted molar refractivity (Wildman–Crippen MR) is 80.6 cm³/mol. The number of amides is 1. The molecule has 0 radical (unpaired) electrons. The van der Waals surface area contributed by atoms with Crippen molar-refractivity contribution in [2.45, 2.75) is 12.5 Å². The molecule has 0 fully saturated rings. The largest absolute Gasteiger partial charge is 0.548 e. The quantitative estimate of drug-likeness (QED) is 0.812. The van der Waals surface area contributed by atoms with Gasteiger partial charge < -0.3 is 29.8 Å². The number of phenols is 1. The van der Waals surface area contributed by atoms with Crippen molar-refractivity contribution in [1.29, 1.82) is 0 Å². The van der Waals surface area contributed by atoms with Crippen LogP contribution in [0.15, 0.2) is 42.5 Å². The van der Waals surface area contributed by atoms with Gasteiger partial charge in [0.05, 0.1) is 12.0 Å². The van der Waals surface area contributed by atoms with Crippen LogP contribution in [-0.2, 0) is 11.2 Å². The average molecular weight is 328 g/mol. The number of rotatable bonds is 5. The molecule has 2 aromatic rings. The van der Waals surface area contributed by atoms with Gasteiger partial charge in [-0.05, 0) is 42.3 Å². The lowest BCUT2D eigenvalue weighted by atomic mass is 10.1. The number of hydrogen-bond donors (Lipinski definition) is 2. The third kappa shape index (κ3) is 3.40. The minimum absolute atomic E-state index is 0.0406. The Morgan fingerprint density at radius 1 is 1.12 bits per heavy atom. The van der Waals surface area contributed by atoms with Crippen LogP contribution in [0.3, 0.4) is 0 Å². The van der Waals surface area contributed by atoms with Crippen molar-refractivity contribution in [2.75, 3.05) is 6.79 Å². The lowest BCUT2D eigenvalue weighted by Crippen LogP contribution is -2.49. The first-order valence-electron chi connectivity index (χ1n) is 7.22. The van der Waals surface area contributed by atoms with Crippen LogP contribution in [0.5, 0.6) is 17.2 Å². The summed E-state index contributed by atoms with van der Waals surface area (Å²) in [6, 6.07) is 9.46. The number of hydrogen-bond acceptors (Lipinski definition) is 6. The van der Waals surface area contributed by atoms with Crippen LogP contribution < -0.4 is 19.9 Å². The van der Waals surface area contributed by atoms with Crippen molar-refractivity contribution in [3.63, 3.8) is 0 Å². The van der Waals surface area contributed by atoms with Gasteiger partial charge in [0.15, 0.2) is 11.5 Å². The molecule has 1 atom stereocenters. The molecule has 0 spiro atoms. The third-order valence-electron chi connectivity index (χ3n) is 3.60. The molecular weight excluding hydrogens is 314 g/mol. The highest BCUT2D eigenvalue weighted by molar-refractivity contribution is 5.97. The molecule has 0 bridgehead atoms. The van der Waals surface area contributed by atoms with E-state index in [-0.39, 0.29) is 24.5 Å². The first-order valence-corrected chi connectivity index (χ1v) is 7.22. The molecule has 3 rings (SSSR count). The first-order chi connectivity index (χ1) is 11.5. The van der Waals surface area contributed by atoms with E-state index >= 15 is 0 Å². The zero-order valence-corrected chi connectivity index (χ0v) is 12.5. The van der Waals surface area contributed by atoms with Gasteiger partial charge in [0, 0.05) is 5.56 Å². The minimum atomic E-state index is -1.39. The molecule has 1 amide bonds. The van der Waals surface area contributed by atoms with Crippen LogP contribution in [0, 0.1) is 0 Å².